The SMILES string of the molecule is CN(C1=CC=CCC1)c1nccn1C. The van der Waals surface area contributed by atoms with Crippen LogP contribution in [0.15, 0.2) is 36.3 Å². The van der Waals surface area contributed by atoms with Gasteiger partial charge in [0.2, 0.25) is 5.95 Å². The second kappa shape index (κ2) is 3.70. The molecule has 0 fully saturated rings. The van der Waals surface area contributed by atoms with Gasteiger partial charge in [0.25, 0.3) is 0 Å². The number of rotatable bonds is 2. The minimum atomic E-state index is 0.992. The van der Waals surface area contributed by atoms with Crippen molar-refractivity contribution in [3.05, 3.63) is 36.3 Å². The number of allylic oxidation sites excluding steroid dienone is 4. The fourth-order valence-corrected chi connectivity index (χ4v) is 1.68. The molecule has 0 atom stereocenters. The first-order valence-corrected chi connectivity index (χ1v) is 4.86. The molecule has 0 saturated carbocycles. The van der Waals surface area contributed by atoms with E-state index in [1.54, 1.807) is 0 Å². The largest absolute Gasteiger partial charge is 0.320 e. The van der Waals surface area contributed by atoms with E-state index in [2.05, 4.69) is 35.2 Å². The summed E-state index contributed by atoms with van der Waals surface area (Å²) in [6.07, 6.45) is 12.5. The molecule has 0 amide bonds. The quantitative estimate of drug-likeness (QED) is 0.710. The third-order valence-corrected chi connectivity index (χ3v) is 2.52. The van der Waals surface area contributed by atoms with E-state index >= 15 is 0 Å². The van der Waals surface area contributed by atoms with E-state index < -0.39 is 0 Å². The molecule has 0 unspecified atom stereocenters. The normalized spacial score (nSPS) is 15.4. The zero-order valence-electron chi connectivity index (χ0n) is 8.64. The molecule has 1 heterocycles. The second-order valence-corrected chi connectivity index (χ2v) is 3.52. The van der Waals surface area contributed by atoms with Crippen LogP contribution in [-0.4, -0.2) is 16.6 Å². The van der Waals surface area contributed by atoms with Crippen LogP contribution in [0.1, 0.15) is 12.8 Å². The number of aryl methyl sites for hydroxylation is 1. The third-order valence-electron chi connectivity index (χ3n) is 2.52. The van der Waals surface area contributed by atoms with Crippen molar-refractivity contribution in [2.75, 3.05) is 11.9 Å². The maximum atomic E-state index is 4.31. The van der Waals surface area contributed by atoms with Gasteiger partial charge in [-0.2, -0.15) is 0 Å². The molecular formula is C11H15N3. The number of anilines is 1. The van der Waals surface area contributed by atoms with Crippen LogP contribution >= 0.6 is 0 Å². The van der Waals surface area contributed by atoms with Gasteiger partial charge in [-0.3, -0.25) is 0 Å². The number of imidazole rings is 1. The molecule has 0 saturated heterocycles. The second-order valence-electron chi connectivity index (χ2n) is 3.52. The van der Waals surface area contributed by atoms with Crippen LogP contribution in [0.2, 0.25) is 0 Å². The van der Waals surface area contributed by atoms with E-state index in [0.29, 0.717) is 0 Å². The molecule has 1 aliphatic carbocycles. The zero-order chi connectivity index (χ0) is 9.97. The van der Waals surface area contributed by atoms with Gasteiger partial charge in [-0.25, -0.2) is 4.98 Å². The van der Waals surface area contributed by atoms with Crippen LogP contribution in [0.25, 0.3) is 0 Å². The van der Waals surface area contributed by atoms with Crippen molar-refractivity contribution in [3.63, 3.8) is 0 Å². The molecule has 74 valence electrons. The minimum Gasteiger partial charge on any atom is -0.320 e. The third kappa shape index (κ3) is 1.58. The Morgan fingerprint density at radius 3 is 2.93 bits per heavy atom. The van der Waals surface area contributed by atoms with Gasteiger partial charge in [0.15, 0.2) is 0 Å². The van der Waals surface area contributed by atoms with Crippen LogP contribution in [0.4, 0.5) is 5.95 Å². The van der Waals surface area contributed by atoms with Crippen LogP contribution < -0.4 is 4.90 Å². The standard InChI is InChI=1S/C11H15N3/c1-13-9-8-12-11(13)14(2)10-6-4-3-5-7-10/h3-4,6,8-9H,5,7H2,1-2H3. The number of nitrogens with zero attached hydrogens (tertiary/aromatic N) is 3. The molecule has 0 aromatic carbocycles. The summed E-state index contributed by atoms with van der Waals surface area (Å²) >= 11 is 0. The highest BCUT2D eigenvalue weighted by molar-refractivity contribution is 5.41. The van der Waals surface area contributed by atoms with E-state index in [0.717, 1.165) is 18.8 Å². The smallest absolute Gasteiger partial charge is 0.209 e. The first-order chi connectivity index (χ1) is 6.79. The Balaban J connectivity index is 2.23. The lowest BCUT2D eigenvalue weighted by Crippen LogP contribution is -2.20. The van der Waals surface area contributed by atoms with E-state index in [4.69, 9.17) is 0 Å². The lowest BCUT2D eigenvalue weighted by molar-refractivity contribution is 0.822. The van der Waals surface area contributed by atoms with Crippen molar-refractivity contribution in [3.8, 4) is 0 Å². The molecule has 1 aromatic rings. The van der Waals surface area contributed by atoms with E-state index in [-0.39, 0.29) is 0 Å². The van der Waals surface area contributed by atoms with Gasteiger partial charge in [-0.05, 0) is 18.9 Å². The van der Waals surface area contributed by atoms with Crippen molar-refractivity contribution >= 4 is 5.95 Å². The summed E-state index contributed by atoms with van der Waals surface area (Å²) in [6.45, 7) is 0. The Bertz CT molecular complexity index is 374. The molecule has 0 N–H and O–H groups in total. The Kier molecular flexibility index (Phi) is 2.39. The highest BCUT2D eigenvalue weighted by Gasteiger charge is 2.11. The minimum absolute atomic E-state index is 0.992. The number of hydrogen-bond acceptors (Lipinski definition) is 2. The maximum Gasteiger partial charge on any atom is 0.209 e. The van der Waals surface area contributed by atoms with Crippen molar-refractivity contribution in [2.24, 2.45) is 7.05 Å². The predicted octanol–water partition coefficient (Wildman–Crippen LogP) is 2.09. The fourth-order valence-electron chi connectivity index (χ4n) is 1.68. The summed E-state index contributed by atoms with van der Waals surface area (Å²) in [4.78, 5) is 6.46. The Labute approximate surface area is 84.4 Å². The van der Waals surface area contributed by atoms with E-state index in [1.807, 2.05) is 24.0 Å². The molecule has 1 aliphatic rings. The molecule has 14 heavy (non-hydrogen) atoms. The Hall–Kier alpha value is -1.51. The van der Waals surface area contributed by atoms with Gasteiger partial charge in [0, 0.05) is 32.2 Å². The lowest BCUT2D eigenvalue weighted by atomic mass is 10.1. The van der Waals surface area contributed by atoms with Gasteiger partial charge in [0.1, 0.15) is 0 Å². The summed E-state index contributed by atoms with van der Waals surface area (Å²) in [5.41, 5.74) is 1.32. The first-order valence-electron chi connectivity index (χ1n) is 4.86. The highest BCUT2D eigenvalue weighted by atomic mass is 15.3. The van der Waals surface area contributed by atoms with Gasteiger partial charge in [-0.15, -0.1) is 0 Å². The first kappa shape index (κ1) is 9.06. The summed E-state index contributed by atoms with van der Waals surface area (Å²) in [7, 11) is 4.07. The van der Waals surface area contributed by atoms with Crippen LogP contribution in [0.3, 0.4) is 0 Å². The summed E-state index contributed by atoms with van der Waals surface area (Å²) in [5.74, 6) is 0.992. The topological polar surface area (TPSA) is 21.1 Å². The molecule has 3 nitrogen and oxygen atoms in total. The molecule has 2 rings (SSSR count). The van der Waals surface area contributed by atoms with E-state index in [9.17, 15) is 0 Å². The molecule has 1 aromatic heterocycles. The van der Waals surface area contributed by atoms with Crippen molar-refractivity contribution in [2.45, 2.75) is 12.8 Å². The zero-order valence-corrected chi connectivity index (χ0v) is 8.64. The summed E-state index contributed by atoms with van der Waals surface area (Å²) < 4.78 is 2.03. The molecular weight excluding hydrogens is 174 g/mol. The molecule has 0 bridgehead atoms. The Morgan fingerprint density at radius 1 is 1.50 bits per heavy atom. The van der Waals surface area contributed by atoms with Crippen molar-refractivity contribution in [1.82, 2.24) is 9.55 Å². The van der Waals surface area contributed by atoms with Crippen molar-refractivity contribution < 1.29 is 0 Å². The number of hydrogen-bond donors (Lipinski definition) is 0. The summed E-state index contributed by atoms with van der Waals surface area (Å²) in [6, 6.07) is 0. The average Bonchev–Trinajstić information content (AvgIpc) is 2.65. The van der Waals surface area contributed by atoms with Crippen molar-refractivity contribution in [1.29, 1.82) is 0 Å². The van der Waals surface area contributed by atoms with Crippen LogP contribution in [0.5, 0.6) is 0 Å². The highest BCUT2D eigenvalue weighted by Crippen LogP contribution is 2.20. The molecule has 0 radical (unpaired) electrons. The van der Waals surface area contributed by atoms with Gasteiger partial charge in [0.05, 0.1) is 0 Å². The molecule has 0 aliphatic heterocycles. The molecule has 3 heteroatoms. The predicted molar refractivity (Wildman–Crippen MR) is 58.1 cm³/mol. The fraction of sp³-hybridized carbons (Fsp3) is 0.364. The van der Waals surface area contributed by atoms with Gasteiger partial charge >= 0.3 is 0 Å². The Morgan fingerprint density at radius 2 is 2.36 bits per heavy atom. The van der Waals surface area contributed by atoms with Gasteiger partial charge in [-0.1, -0.05) is 12.2 Å². The van der Waals surface area contributed by atoms with Gasteiger partial charge < -0.3 is 9.47 Å². The molecule has 0 spiro atoms. The van der Waals surface area contributed by atoms with E-state index in [1.165, 1.54) is 5.70 Å². The monoisotopic (exact) mass is 189 g/mol. The van der Waals surface area contributed by atoms with Crippen LogP contribution in [0, 0.1) is 0 Å². The van der Waals surface area contributed by atoms with Crippen LogP contribution in [-0.2, 0) is 7.05 Å². The lowest BCUT2D eigenvalue weighted by Gasteiger charge is -2.22. The average molecular weight is 189 g/mol. The maximum absolute atomic E-state index is 4.31. The summed E-state index contributed by atoms with van der Waals surface area (Å²) in [5, 5.41) is 0. The number of aromatic nitrogens is 2.